The van der Waals surface area contributed by atoms with Crippen molar-refractivity contribution in [3.63, 3.8) is 0 Å². The van der Waals surface area contributed by atoms with Gasteiger partial charge in [-0.25, -0.2) is 0 Å². The number of halogens is 1. The Kier molecular flexibility index (Phi) is 3.99. The standard InChI is InChI=1S/C15H20BrN3/c1-11-13(16)6-5-7-14(11)17-8-12-9-18-19(10-12)15(2,3)4/h5-7,9-10,17H,8H2,1-4H3. The number of nitrogens with one attached hydrogen (secondary N) is 1. The van der Waals surface area contributed by atoms with Gasteiger partial charge < -0.3 is 5.32 Å². The van der Waals surface area contributed by atoms with Crippen LogP contribution in [0.4, 0.5) is 5.69 Å². The highest BCUT2D eigenvalue weighted by atomic mass is 79.9. The Labute approximate surface area is 123 Å². The Morgan fingerprint density at radius 2 is 2.05 bits per heavy atom. The Morgan fingerprint density at radius 3 is 2.68 bits per heavy atom. The molecule has 0 fully saturated rings. The Balaban J connectivity index is 2.07. The fraction of sp³-hybridized carbons (Fsp3) is 0.400. The van der Waals surface area contributed by atoms with E-state index in [-0.39, 0.29) is 5.54 Å². The topological polar surface area (TPSA) is 29.9 Å². The van der Waals surface area contributed by atoms with E-state index in [1.165, 1.54) is 11.1 Å². The molecule has 102 valence electrons. The summed E-state index contributed by atoms with van der Waals surface area (Å²) in [6, 6.07) is 6.18. The van der Waals surface area contributed by atoms with Crippen molar-refractivity contribution in [3.05, 3.63) is 46.2 Å². The summed E-state index contributed by atoms with van der Waals surface area (Å²) in [5.74, 6) is 0. The van der Waals surface area contributed by atoms with Crippen molar-refractivity contribution >= 4 is 21.6 Å². The van der Waals surface area contributed by atoms with Crippen molar-refractivity contribution < 1.29 is 0 Å². The number of nitrogens with zero attached hydrogens (tertiary/aromatic N) is 2. The van der Waals surface area contributed by atoms with Crippen molar-refractivity contribution in [1.82, 2.24) is 9.78 Å². The van der Waals surface area contributed by atoms with Crippen LogP contribution in [-0.2, 0) is 12.1 Å². The summed E-state index contributed by atoms with van der Waals surface area (Å²) in [5.41, 5.74) is 3.60. The van der Waals surface area contributed by atoms with Gasteiger partial charge in [0.15, 0.2) is 0 Å². The minimum atomic E-state index is 0.0317. The van der Waals surface area contributed by atoms with E-state index < -0.39 is 0 Å². The first-order valence-corrected chi connectivity index (χ1v) is 7.20. The molecule has 1 N–H and O–H groups in total. The van der Waals surface area contributed by atoms with Crippen molar-refractivity contribution in [3.8, 4) is 0 Å². The maximum atomic E-state index is 4.41. The van der Waals surface area contributed by atoms with Crippen LogP contribution >= 0.6 is 15.9 Å². The molecule has 0 unspecified atom stereocenters. The van der Waals surface area contributed by atoms with Gasteiger partial charge in [0.05, 0.1) is 11.7 Å². The fourth-order valence-corrected chi connectivity index (χ4v) is 2.18. The first-order chi connectivity index (χ1) is 8.88. The second kappa shape index (κ2) is 5.37. The molecule has 0 bridgehead atoms. The Hall–Kier alpha value is -1.29. The summed E-state index contributed by atoms with van der Waals surface area (Å²) in [7, 11) is 0. The van der Waals surface area contributed by atoms with Gasteiger partial charge in [0, 0.05) is 28.5 Å². The average molecular weight is 322 g/mol. The van der Waals surface area contributed by atoms with Crippen LogP contribution in [0.5, 0.6) is 0 Å². The predicted octanol–water partition coefficient (Wildman–Crippen LogP) is 4.32. The zero-order valence-corrected chi connectivity index (χ0v) is 13.5. The highest BCUT2D eigenvalue weighted by Gasteiger charge is 2.13. The molecule has 2 aromatic rings. The lowest BCUT2D eigenvalue weighted by atomic mass is 10.1. The molecule has 4 heteroatoms. The molecule has 0 amide bonds. The number of benzene rings is 1. The van der Waals surface area contributed by atoms with Crippen LogP contribution < -0.4 is 5.32 Å². The summed E-state index contributed by atoms with van der Waals surface area (Å²) < 4.78 is 3.13. The molecule has 1 aromatic heterocycles. The van der Waals surface area contributed by atoms with Crippen molar-refractivity contribution in [1.29, 1.82) is 0 Å². The molecule has 0 aliphatic carbocycles. The maximum absolute atomic E-state index is 4.41. The van der Waals surface area contributed by atoms with Crippen LogP contribution in [0.1, 0.15) is 31.9 Å². The van der Waals surface area contributed by atoms with E-state index >= 15 is 0 Å². The van der Waals surface area contributed by atoms with E-state index in [0.717, 1.165) is 16.7 Å². The zero-order chi connectivity index (χ0) is 14.0. The molecule has 0 saturated carbocycles. The van der Waals surface area contributed by atoms with Gasteiger partial charge in [-0.15, -0.1) is 0 Å². The summed E-state index contributed by atoms with van der Waals surface area (Å²) >= 11 is 3.55. The highest BCUT2D eigenvalue weighted by Crippen LogP contribution is 2.24. The smallest absolute Gasteiger partial charge is 0.0543 e. The van der Waals surface area contributed by atoms with Crippen molar-refractivity contribution in [2.24, 2.45) is 0 Å². The van der Waals surface area contributed by atoms with Crippen LogP contribution in [0.3, 0.4) is 0 Å². The van der Waals surface area contributed by atoms with Crippen LogP contribution in [-0.4, -0.2) is 9.78 Å². The molecule has 3 nitrogen and oxygen atoms in total. The molecular formula is C15H20BrN3. The largest absolute Gasteiger partial charge is 0.381 e. The van der Waals surface area contributed by atoms with Gasteiger partial charge in [-0.2, -0.15) is 5.10 Å². The third-order valence-corrected chi connectivity index (χ3v) is 3.93. The molecule has 19 heavy (non-hydrogen) atoms. The van der Waals surface area contributed by atoms with Gasteiger partial charge in [-0.05, 0) is 45.4 Å². The SMILES string of the molecule is Cc1c(Br)cccc1NCc1cnn(C(C)(C)C)c1. The van der Waals surface area contributed by atoms with Gasteiger partial charge in [-0.1, -0.05) is 22.0 Å². The first kappa shape index (κ1) is 14.1. The van der Waals surface area contributed by atoms with Gasteiger partial charge in [0.2, 0.25) is 0 Å². The monoisotopic (exact) mass is 321 g/mol. The molecule has 1 heterocycles. The van der Waals surface area contributed by atoms with E-state index in [1.54, 1.807) is 0 Å². The van der Waals surface area contributed by atoms with Crippen LogP contribution in [0.25, 0.3) is 0 Å². The summed E-state index contributed by atoms with van der Waals surface area (Å²) in [6.07, 6.45) is 4.02. The molecular weight excluding hydrogens is 302 g/mol. The highest BCUT2D eigenvalue weighted by molar-refractivity contribution is 9.10. The molecule has 0 aliphatic heterocycles. The Morgan fingerprint density at radius 1 is 1.32 bits per heavy atom. The maximum Gasteiger partial charge on any atom is 0.0543 e. The summed E-state index contributed by atoms with van der Waals surface area (Å²) in [4.78, 5) is 0. The molecule has 1 aromatic carbocycles. The number of rotatable bonds is 3. The average Bonchev–Trinajstić information content (AvgIpc) is 2.79. The lowest BCUT2D eigenvalue weighted by Crippen LogP contribution is -2.21. The first-order valence-electron chi connectivity index (χ1n) is 6.41. The molecule has 0 saturated heterocycles. The van der Waals surface area contributed by atoms with E-state index in [9.17, 15) is 0 Å². The van der Waals surface area contributed by atoms with Gasteiger partial charge in [0.25, 0.3) is 0 Å². The summed E-state index contributed by atoms with van der Waals surface area (Å²) in [6.45, 7) is 9.33. The van der Waals surface area contributed by atoms with Gasteiger partial charge in [0.1, 0.15) is 0 Å². The van der Waals surface area contributed by atoms with Crippen molar-refractivity contribution in [2.45, 2.75) is 39.8 Å². The van der Waals surface area contributed by atoms with Crippen LogP contribution in [0.15, 0.2) is 35.1 Å². The molecule has 0 aliphatic rings. The van der Waals surface area contributed by atoms with Crippen LogP contribution in [0, 0.1) is 6.92 Å². The van der Waals surface area contributed by atoms with E-state index in [2.05, 4.69) is 72.4 Å². The van der Waals surface area contributed by atoms with Crippen molar-refractivity contribution in [2.75, 3.05) is 5.32 Å². The normalized spacial score (nSPS) is 11.6. The number of hydrogen-bond donors (Lipinski definition) is 1. The third kappa shape index (κ3) is 3.38. The third-order valence-electron chi connectivity index (χ3n) is 3.07. The summed E-state index contributed by atoms with van der Waals surface area (Å²) in [5, 5.41) is 7.86. The van der Waals surface area contributed by atoms with Gasteiger partial charge >= 0.3 is 0 Å². The van der Waals surface area contributed by atoms with E-state index in [4.69, 9.17) is 0 Å². The molecule has 0 spiro atoms. The number of hydrogen-bond acceptors (Lipinski definition) is 2. The second-order valence-corrected chi connectivity index (χ2v) is 6.58. The molecule has 2 rings (SSSR count). The fourth-order valence-electron chi connectivity index (χ4n) is 1.81. The minimum Gasteiger partial charge on any atom is -0.381 e. The van der Waals surface area contributed by atoms with Gasteiger partial charge in [-0.3, -0.25) is 4.68 Å². The quantitative estimate of drug-likeness (QED) is 0.912. The van der Waals surface area contributed by atoms with E-state index in [0.29, 0.717) is 0 Å². The zero-order valence-electron chi connectivity index (χ0n) is 11.9. The van der Waals surface area contributed by atoms with Crippen LogP contribution in [0.2, 0.25) is 0 Å². The van der Waals surface area contributed by atoms with E-state index in [1.807, 2.05) is 16.9 Å². The lowest BCUT2D eigenvalue weighted by Gasteiger charge is -2.18. The Bertz CT molecular complexity index is 567. The second-order valence-electron chi connectivity index (χ2n) is 5.73. The molecule has 0 radical (unpaired) electrons. The number of anilines is 1. The minimum absolute atomic E-state index is 0.0317. The lowest BCUT2D eigenvalue weighted by molar-refractivity contribution is 0.355. The number of aromatic nitrogens is 2. The molecule has 0 atom stereocenters. The predicted molar refractivity (Wildman–Crippen MR) is 83.4 cm³/mol.